The predicted octanol–water partition coefficient (Wildman–Crippen LogP) is 0.968. The monoisotopic (exact) mass is 275 g/mol. The van der Waals surface area contributed by atoms with Crippen molar-refractivity contribution in [2.24, 2.45) is 0 Å². The zero-order chi connectivity index (χ0) is 13.9. The van der Waals surface area contributed by atoms with Gasteiger partial charge in [-0.05, 0) is 32.0 Å². The summed E-state index contributed by atoms with van der Waals surface area (Å²) in [7, 11) is 0. The summed E-state index contributed by atoms with van der Waals surface area (Å²) in [5, 5.41) is 11.1. The van der Waals surface area contributed by atoms with E-state index >= 15 is 0 Å². The fourth-order valence-corrected chi connectivity index (χ4v) is 2.33. The molecule has 0 amide bonds. The Morgan fingerprint density at radius 3 is 2.95 bits per heavy atom. The normalized spacial score (nSPS) is 16.2. The molecule has 0 spiro atoms. The largest absolute Gasteiger partial charge is 0.317 e. The smallest absolute Gasteiger partial charge is 0.217 e. The Morgan fingerprint density at radius 2 is 2.20 bits per heavy atom. The first-order valence-electron chi connectivity index (χ1n) is 6.52. The first kappa shape index (κ1) is 12.9. The molecule has 1 N–H and O–H groups in total. The fraction of sp³-hybridized carbons (Fsp3) is 0.385. The minimum atomic E-state index is -0.645. The van der Waals surface area contributed by atoms with Crippen molar-refractivity contribution in [3.63, 3.8) is 0 Å². The van der Waals surface area contributed by atoms with Crippen molar-refractivity contribution in [3.05, 3.63) is 41.7 Å². The van der Waals surface area contributed by atoms with Crippen LogP contribution < -0.4 is 5.32 Å². The average molecular weight is 275 g/mol. The molecule has 1 aliphatic heterocycles. The van der Waals surface area contributed by atoms with E-state index in [4.69, 9.17) is 0 Å². The van der Waals surface area contributed by atoms with Gasteiger partial charge in [0.05, 0.1) is 24.0 Å². The Kier molecular flexibility index (Phi) is 3.51. The topological polar surface area (TPSA) is 72.7 Å². The van der Waals surface area contributed by atoms with E-state index in [0.29, 0.717) is 0 Å². The lowest BCUT2D eigenvalue weighted by Crippen LogP contribution is -2.29. The van der Waals surface area contributed by atoms with Gasteiger partial charge in [0.15, 0.2) is 11.5 Å². The lowest BCUT2D eigenvalue weighted by Gasteiger charge is -2.22. The quantitative estimate of drug-likeness (QED) is 0.845. The van der Waals surface area contributed by atoms with E-state index in [9.17, 15) is 9.18 Å². The van der Waals surface area contributed by atoms with Crippen LogP contribution in [0.25, 0.3) is 0 Å². The van der Waals surface area contributed by atoms with Crippen molar-refractivity contribution in [1.82, 2.24) is 25.3 Å². The zero-order valence-electron chi connectivity index (χ0n) is 10.8. The van der Waals surface area contributed by atoms with E-state index in [0.717, 1.165) is 32.1 Å². The Bertz CT molecular complexity index is 621. The molecule has 0 atom stereocenters. The summed E-state index contributed by atoms with van der Waals surface area (Å²) >= 11 is 0. The number of ketones is 1. The number of rotatable bonds is 3. The van der Waals surface area contributed by atoms with Gasteiger partial charge in [-0.25, -0.2) is 9.07 Å². The van der Waals surface area contributed by atoms with Crippen LogP contribution in [0, 0.1) is 5.82 Å². The first-order chi connectivity index (χ1) is 9.75. The maximum atomic E-state index is 13.5. The summed E-state index contributed by atoms with van der Waals surface area (Å²) in [5.41, 5.74) is 0.131. The standard InChI is InChI=1S/C13H14FN5O/c14-11-7-16-6-3-10(11)13(20)12-8-19(18-17-12)9-1-4-15-5-2-9/h3,6-9,15H,1-2,4-5H2. The second-order valence-electron chi connectivity index (χ2n) is 4.75. The number of aromatic nitrogens is 4. The first-order valence-corrected chi connectivity index (χ1v) is 6.52. The number of hydrogen-bond acceptors (Lipinski definition) is 5. The van der Waals surface area contributed by atoms with Crippen LogP contribution >= 0.6 is 0 Å². The Hall–Kier alpha value is -2.15. The van der Waals surface area contributed by atoms with Gasteiger partial charge in [-0.1, -0.05) is 5.21 Å². The van der Waals surface area contributed by atoms with Gasteiger partial charge in [0.2, 0.25) is 5.78 Å². The molecule has 2 aromatic rings. The molecular weight excluding hydrogens is 261 g/mol. The second-order valence-corrected chi connectivity index (χ2v) is 4.75. The minimum absolute atomic E-state index is 0.0302. The summed E-state index contributed by atoms with van der Waals surface area (Å²) in [6.07, 6.45) is 5.89. The molecule has 20 heavy (non-hydrogen) atoms. The molecule has 0 unspecified atom stereocenters. The van der Waals surface area contributed by atoms with Crippen molar-refractivity contribution < 1.29 is 9.18 Å². The predicted molar refractivity (Wildman–Crippen MR) is 68.8 cm³/mol. The second kappa shape index (κ2) is 5.46. The number of pyridine rings is 1. The highest BCUT2D eigenvalue weighted by molar-refractivity contribution is 6.07. The number of carbonyl (C=O) groups excluding carboxylic acids is 1. The Balaban J connectivity index is 1.83. The maximum Gasteiger partial charge on any atom is 0.217 e. The van der Waals surface area contributed by atoms with E-state index in [1.165, 1.54) is 12.3 Å². The van der Waals surface area contributed by atoms with Crippen molar-refractivity contribution in [2.75, 3.05) is 13.1 Å². The van der Waals surface area contributed by atoms with Crippen LogP contribution in [0.4, 0.5) is 4.39 Å². The number of nitrogens with zero attached hydrogens (tertiary/aromatic N) is 4. The summed E-state index contributed by atoms with van der Waals surface area (Å²) in [6.45, 7) is 1.85. The maximum absolute atomic E-state index is 13.5. The lowest BCUT2D eigenvalue weighted by molar-refractivity contribution is 0.103. The van der Waals surface area contributed by atoms with Gasteiger partial charge >= 0.3 is 0 Å². The number of halogens is 1. The van der Waals surface area contributed by atoms with Gasteiger partial charge < -0.3 is 5.32 Å². The van der Waals surface area contributed by atoms with Gasteiger partial charge in [-0.15, -0.1) is 5.10 Å². The van der Waals surface area contributed by atoms with E-state index < -0.39 is 11.6 Å². The summed E-state index contributed by atoms with van der Waals surface area (Å²) in [6, 6.07) is 1.59. The fourth-order valence-electron chi connectivity index (χ4n) is 2.33. The molecule has 1 fully saturated rings. The van der Waals surface area contributed by atoms with Crippen LogP contribution in [0.3, 0.4) is 0 Å². The molecule has 1 aliphatic rings. The molecule has 0 aliphatic carbocycles. The number of carbonyl (C=O) groups is 1. The SMILES string of the molecule is O=C(c1cn(C2CCNCC2)nn1)c1ccncc1F. The Morgan fingerprint density at radius 1 is 1.40 bits per heavy atom. The number of hydrogen-bond donors (Lipinski definition) is 1. The van der Waals surface area contributed by atoms with Crippen LogP contribution in [0.15, 0.2) is 24.7 Å². The summed E-state index contributed by atoms with van der Waals surface area (Å²) in [5.74, 6) is -1.11. The van der Waals surface area contributed by atoms with Crippen molar-refractivity contribution in [2.45, 2.75) is 18.9 Å². The third kappa shape index (κ3) is 2.44. The molecular formula is C13H14FN5O. The van der Waals surface area contributed by atoms with Crippen molar-refractivity contribution in [3.8, 4) is 0 Å². The molecule has 0 aromatic carbocycles. The number of piperidine rings is 1. The molecule has 0 radical (unpaired) electrons. The van der Waals surface area contributed by atoms with Gasteiger partial charge in [0.1, 0.15) is 0 Å². The third-order valence-electron chi connectivity index (χ3n) is 3.44. The van der Waals surface area contributed by atoms with Gasteiger partial charge in [0.25, 0.3) is 0 Å². The Labute approximate surface area is 115 Å². The molecule has 0 saturated carbocycles. The van der Waals surface area contributed by atoms with Gasteiger partial charge in [0, 0.05) is 6.20 Å². The molecule has 7 heteroatoms. The zero-order valence-corrected chi connectivity index (χ0v) is 10.8. The van der Waals surface area contributed by atoms with Crippen molar-refractivity contribution >= 4 is 5.78 Å². The molecule has 6 nitrogen and oxygen atoms in total. The highest BCUT2D eigenvalue weighted by Crippen LogP contribution is 2.18. The minimum Gasteiger partial charge on any atom is -0.317 e. The highest BCUT2D eigenvalue weighted by atomic mass is 19.1. The van der Waals surface area contributed by atoms with E-state index in [2.05, 4.69) is 20.6 Å². The van der Waals surface area contributed by atoms with Crippen LogP contribution in [-0.2, 0) is 0 Å². The highest BCUT2D eigenvalue weighted by Gasteiger charge is 2.21. The third-order valence-corrected chi connectivity index (χ3v) is 3.44. The van der Waals surface area contributed by atoms with Crippen LogP contribution in [0.5, 0.6) is 0 Å². The van der Waals surface area contributed by atoms with Crippen molar-refractivity contribution in [1.29, 1.82) is 0 Å². The molecule has 2 aromatic heterocycles. The van der Waals surface area contributed by atoms with E-state index in [-0.39, 0.29) is 17.3 Å². The van der Waals surface area contributed by atoms with Gasteiger partial charge in [-0.2, -0.15) is 0 Å². The molecule has 104 valence electrons. The van der Waals surface area contributed by atoms with Crippen LogP contribution in [0.2, 0.25) is 0 Å². The molecule has 3 rings (SSSR count). The van der Waals surface area contributed by atoms with Crippen LogP contribution in [0.1, 0.15) is 34.9 Å². The van der Waals surface area contributed by atoms with Crippen LogP contribution in [-0.4, -0.2) is 38.9 Å². The summed E-state index contributed by atoms with van der Waals surface area (Å²) in [4.78, 5) is 15.8. The molecule has 0 bridgehead atoms. The molecule has 3 heterocycles. The molecule has 1 saturated heterocycles. The average Bonchev–Trinajstić information content (AvgIpc) is 2.98. The number of nitrogens with one attached hydrogen (secondary N) is 1. The van der Waals surface area contributed by atoms with Gasteiger partial charge in [-0.3, -0.25) is 9.78 Å². The summed E-state index contributed by atoms with van der Waals surface area (Å²) < 4.78 is 15.2. The lowest BCUT2D eigenvalue weighted by atomic mass is 10.1. The van der Waals surface area contributed by atoms with E-state index in [1.54, 1.807) is 10.9 Å². The van der Waals surface area contributed by atoms with E-state index in [1.807, 2.05) is 0 Å².